The SMILES string of the molecule is C[C@@H](NC1=C(C(=S)SSC(=S)C2=C(N[C@H](C)c3ccccc3)CCC2)CCC1)c1ccccc1. The van der Waals surface area contributed by atoms with Gasteiger partial charge in [0, 0.05) is 23.5 Å². The highest BCUT2D eigenvalue weighted by molar-refractivity contribution is 8.90. The number of hydrogen-bond acceptors (Lipinski definition) is 6. The van der Waals surface area contributed by atoms with Crippen molar-refractivity contribution < 1.29 is 0 Å². The molecule has 0 amide bonds. The smallest absolute Gasteiger partial charge is 0.0865 e. The van der Waals surface area contributed by atoms with Crippen molar-refractivity contribution in [3.05, 3.63) is 94.3 Å². The molecule has 0 saturated heterocycles. The monoisotopic (exact) mass is 524 g/mol. The lowest BCUT2D eigenvalue weighted by atomic mass is 10.1. The van der Waals surface area contributed by atoms with Gasteiger partial charge >= 0.3 is 0 Å². The van der Waals surface area contributed by atoms with Gasteiger partial charge in [0.05, 0.1) is 8.39 Å². The summed E-state index contributed by atoms with van der Waals surface area (Å²) in [5.74, 6) is 0. The maximum Gasteiger partial charge on any atom is 0.0865 e. The first-order valence-electron chi connectivity index (χ1n) is 12.0. The lowest BCUT2D eigenvalue weighted by Crippen LogP contribution is -2.19. The van der Waals surface area contributed by atoms with Gasteiger partial charge < -0.3 is 10.6 Å². The van der Waals surface area contributed by atoms with Gasteiger partial charge in [-0.05, 0) is 96.2 Å². The van der Waals surface area contributed by atoms with Gasteiger partial charge in [-0.25, -0.2) is 0 Å². The van der Waals surface area contributed by atoms with E-state index in [0.29, 0.717) is 0 Å². The first-order valence-corrected chi connectivity index (χ1v) is 15.0. The van der Waals surface area contributed by atoms with Crippen LogP contribution >= 0.6 is 46.0 Å². The fourth-order valence-electron chi connectivity index (χ4n) is 4.61. The quantitative estimate of drug-likeness (QED) is 0.265. The van der Waals surface area contributed by atoms with Crippen molar-refractivity contribution in [1.82, 2.24) is 10.6 Å². The second-order valence-corrected chi connectivity index (χ2v) is 12.4. The van der Waals surface area contributed by atoms with Crippen molar-refractivity contribution in [3.8, 4) is 0 Å². The van der Waals surface area contributed by atoms with E-state index in [1.807, 2.05) is 0 Å². The fourth-order valence-corrected chi connectivity index (χ4v) is 7.53. The Balaban J connectivity index is 1.36. The van der Waals surface area contributed by atoms with Crippen LogP contribution in [-0.2, 0) is 0 Å². The van der Waals surface area contributed by atoms with Gasteiger partial charge in [0.15, 0.2) is 0 Å². The van der Waals surface area contributed by atoms with Gasteiger partial charge in [-0.1, -0.05) is 85.1 Å². The molecule has 178 valence electrons. The Bertz CT molecular complexity index is 989. The molecule has 2 aliphatic carbocycles. The zero-order valence-corrected chi connectivity index (χ0v) is 23.1. The van der Waals surface area contributed by atoms with E-state index in [2.05, 4.69) is 85.1 Å². The van der Waals surface area contributed by atoms with E-state index in [9.17, 15) is 0 Å². The lowest BCUT2D eigenvalue weighted by molar-refractivity contribution is 0.635. The molecule has 2 aromatic carbocycles. The molecule has 0 fully saturated rings. The predicted molar refractivity (Wildman–Crippen MR) is 158 cm³/mol. The van der Waals surface area contributed by atoms with Crippen LogP contribution < -0.4 is 10.6 Å². The number of rotatable bonds is 8. The van der Waals surface area contributed by atoms with E-state index in [4.69, 9.17) is 24.4 Å². The molecule has 0 bridgehead atoms. The Morgan fingerprint density at radius 1 is 0.647 bits per heavy atom. The average molecular weight is 525 g/mol. The molecule has 2 aliphatic rings. The first kappa shape index (κ1) is 25.5. The number of hydrogen-bond donors (Lipinski definition) is 2. The summed E-state index contributed by atoms with van der Waals surface area (Å²) in [5.41, 5.74) is 7.81. The molecule has 2 N–H and O–H groups in total. The van der Waals surface area contributed by atoms with Crippen molar-refractivity contribution in [1.29, 1.82) is 0 Å². The minimum atomic E-state index is 0.273. The zero-order chi connectivity index (χ0) is 23.9. The molecule has 2 nitrogen and oxygen atoms in total. The summed E-state index contributed by atoms with van der Waals surface area (Å²) in [4.78, 5) is 0. The van der Waals surface area contributed by atoms with Crippen LogP contribution in [0.1, 0.15) is 75.6 Å². The Hall–Kier alpha value is -1.60. The van der Waals surface area contributed by atoms with Crippen molar-refractivity contribution >= 4 is 54.4 Å². The molecule has 0 heterocycles. The molecular weight excluding hydrogens is 493 g/mol. The summed E-state index contributed by atoms with van der Waals surface area (Å²) in [6, 6.07) is 21.7. The summed E-state index contributed by atoms with van der Waals surface area (Å²) >= 11 is 11.7. The van der Waals surface area contributed by atoms with E-state index < -0.39 is 0 Å². The minimum Gasteiger partial charge on any atom is -0.382 e. The van der Waals surface area contributed by atoms with E-state index in [1.165, 1.54) is 33.7 Å². The Morgan fingerprint density at radius 2 is 1.03 bits per heavy atom. The third kappa shape index (κ3) is 6.54. The largest absolute Gasteiger partial charge is 0.382 e. The third-order valence-electron chi connectivity index (χ3n) is 6.50. The maximum absolute atomic E-state index is 5.87. The van der Waals surface area contributed by atoms with E-state index in [-0.39, 0.29) is 12.1 Å². The zero-order valence-electron chi connectivity index (χ0n) is 19.8. The number of nitrogens with one attached hydrogen (secondary N) is 2. The molecule has 6 heteroatoms. The van der Waals surface area contributed by atoms with Crippen molar-refractivity contribution in [2.24, 2.45) is 0 Å². The van der Waals surface area contributed by atoms with Crippen LogP contribution in [0.3, 0.4) is 0 Å². The van der Waals surface area contributed by atoms with Gasteiger partial charge in [0.25, 0.3) is 0 Å². The Kier molecular flexibility index (Phi) is 9.29. The maximum atomic E-state index is 5.87. The molecule has 2 aromatic rings. The van der Waals surface area contributed by atoms with Gasteiger partial charge in [0.1, 0.15) is 0 Å². The second-order valence-electron chi connectivity index (χ2n) is 8.92. The van der Waals surface area contributed by atoms with Crippen LogP contribution in [0.5, 0.6) is 0 Å². The third-order valence-corrected chi connectivity index (χ3v) is 10.3. The van der Waals surface area contributed by atoms with Gasteiger partial charge in [-0.2, -0.15) is 0 Å². The Labute approximate surface area is 222 Å². The highest BCUT2D eigenvalue weighted by atomic mass is 33.1. The highest BCUT2D eigenvalue weighted by Gasteiger charge is 2.24. The second kappa shape index (κ2) is 12.4. The van der Waals surface area contributed by atoms with Crippen molar-refractivity contribution in [3.63, 3.8) is 0 Å². The molecular formula is C28H32N2S4. The lowest BCUT2D eigenvalue weighted by Gasteiger charge is -2.19. The summed E-state index contributed by atoms with van der Waals surface area (Å²) in [7, 11) is 3.32. The normalized spacial score (nSPS) is 17.6. The van der Waals surface area contributed by atoms with Gasteiger partial charge in [-0.15, -0.1) is 0 Å². The van der Waals surface area contributed by atoms with Crippen LogP contribution in [0, 0.1) is 0 Å². The van der Waals surface area contributed by atoms with Crippen LogP contribution in [0.15, 0.2) is 83.2 Å². The minimum absolute atomic E-state index is 0.273. The molecule has 2 atom stereocenters. The van der Waals surface area contributed by atoms with E-state index in [1.54, 1.807) is 21.6 Å². The molecule has 34 heavy (non-hydrogen) atoms. The molecule has 0 unspecified atom stereocenters. The Morgan fingerprint density at radius 3 is 1.41 bits per heavy atom. The van der Waals surface area contributed by atoms with Crippen molar-refractivity contribution in [2.75, 3.05) is 0 Å². The highest BCUT2D eigenvalue weighted by Crippen LogP contribution is 2.40. The molecule has 0 spiro atoms. The first-order chi connectivity index (χ1) is 16.5. The van der Waals surface area contributed by atoms with Gasteiger partial charge in [-0.3, -0.25) is 0 Å². The average Bonchev–Trinajstić information content (AvgIpc) is 3.53. The van der Waals surface area contributed by atoms with Crippen molar-refractivity contribution in [2.45, 2.75) is 64.5 Å². The van der Waals surface area contributed by atoms with Crippen LogP contribution in [0.4, 0.5) is 0 Å². The summed E-state index contributed by atoms with van der Waals surface area (Å²) in [5, 5.41) is 7.46. The fraction of sp³-hybridized carbons (Fsp3) is 0.357. The van der Waals surface area contributed by atoms with Crippen LogP contribution in [0.25, 0.3) is 0 Å². The summed E-state index contributed by atoms with van der Waals surface area (Å²) in [6.45, 7) is 4.44. The number of thiocarbonyl (C=S) groups is 2. The van der Waals surface area contributed by atoms with Gasteiger partial charge in [0.2, 0.25) is 0 Å². The molecule has 0 radical (unpaired) electrons. The van der Waals surface area contributed by atoms with Crippen LogP contribution in [0.2, 0.25) is 0 Å². The number of allylic oxidation sites excluding steroid dienone is 2. The van der Waals surface area contributed by atoms with E-state index in [0.717, 1.165) is 46.9 Å². The molecule has 0 aliphatic heterocycles. The molecule has 4 rings (SSSR count). The summed E-state index contributed by atoms with van der Waals surface area (Å²) in [6.07, 6.45) is 6.55. The van der Waals surface area contributed by atoms with E-state index >= 15 is 0 Å². The summed E-state index contributed by atoms with van der Waals surface area (Å²) < 4.78 is 1.94. The number of benzene rings is 2. The standard InChI is InChI=1S/C28H32N2S4/c1-19(21-11-5-3-6-12-21)29-25-17-9-15-23(25)27(31)33-34-28(32)24-16-10-18-26(24)30-20(2)22-13-7-4-8-14-22/h3-8,11-14,19-20,29-30H,9-10,15-18H2,1-2H3/t19-,20-/m1/s1. The van der Waals surface area contributed by atoms with Crippen LogP contribution in [-0.4, -0.2) is 8.39 Å². The molecule has 0 saturated carbocycles. The molecule has 0 aromatic heterocycles. The predicted octanol–water partition coefficient (Wildman–Crippen LogP) is 8.60. The topological polar surface area (TPSA) is 24.1 Å².